The number of esters is 1. The molecule has 0 unspecified atom stereocenters. The van der Waals surface area contributed by atoms with E-state index in [-0.39, 0.29) is 5.97 Å². The molecule has 0 radical (unpaired) electrons. The molecule has 2 saturated heterocycles. The number of benzene rings is 1. The fraction of sp³-hybridized carbons (Fsp3) is 0.548. The molecule has 2 aliphatic heterocycles. The lowest BCUT2D eigenvalue weighted by molar-refractivity contribution is -0.143. The number of ether oxygens (including phenoxy) is 2. The van der Waals surface area contributed by atoms with Gasteiger partial charge in [0, 0.05) is 68.1 Å². The Morgan fingerprint density at radius 3 is 2.67 bits per heavy atom. The Morgan fingerprint density at radius 2 is 1.83 bits per heavy atom. The normalized spacial score (nSPS) is 16.9. The second-order valence-corrected chi connectivity index (χ2v) is 12.3. The molecule has 0 bridgehead atoms. The van der Waals surface area contributed by atoms with Gasteiger partial charge in [0.25, 0.3) is 0 Å². The van der Waals surface area contributed by atoms with E-state index in [1.807, 2.05) is 36.6 Å². The van der Waals surface area contributed by atoms with E-state index < -0.39 is 0 Å². The number of thiophene rings is 1. The van der Waals surface area contributed by atoms with Crippen LogP contribution in [0.15, 0.2) is 30.5 Å². The van der Waals surface area contributed by atoms with Crippen molar-refractivity contribution >= 4 is 44.2 Å². The van der Waals surface area contributed by atoms with Crippen LogP contribution in [0.25, 0.3) is 32.5 Å². The summed E-state index contributed by atoms with van der Waals surface area (Å²) in [6.07, 6.45) is 6.80. The van der Waals surface area contributed by atoms with Gasteiger partial charge in [0.15, 0.2) is 11.6 Å². The van der Waals surface area contributed by atoms with Crippen molar-refractivity contribution in [3.05, 3.63) is 35.3 Å². The summed E-state index contributed by atoms with van der Waals surface area (Å²) in [6, 6.07) is 8.42. The van der Waals surface area contributed by atoms with Crippen LogP contribution < -0.4 is 4.90 Å². The zero-order valence-electron chi connectivity index (χ0n) is 24.5. The summed E-state index contributed by atoms with van der Waals surface area (Å²) < 4.78 is 11.8. The molecule has 0 aliphatic carbocycles. The minimum Gasteiger partial charge on any atom is -0.466 e. The van der Waals surface area contributed by atoms with Gasteiger partial charge in [-0.25, -0.2) is 9.97 Å². The first kappa shape index (κ1) is 29.0. The highest BCUT2D eigenvalue weighted by Crippen LogP contribution is 2.36. The molecule has 1 N–H and O–H groups in total. The van der Waals surface area contributed by atoms with Crippen LogP contribution >= 0.6 is 11.3 Å². The largest absolute Gasteiger partial charge is 0.466 e. The topological polar surface area (TPSA) is 99.7 Å². The fourth-order valence-corrected chi connectivity index (χ4v) is 7.05. The number of morpholine rings is 1. The smallest absolute Gasteiger partial charge is 0.305 e. The highest BCUT2D eigenvalue weighted by molar-refractivity contribution is 7.19. The van der Waals surface area contributed by atoms with Gasteiger partial charge in [-0.05, 0) is 38.4 Å². The van der Waals surface area contributed by atoms with Crippen LogP contribution in [0.4, 0.5) is 5.82 Å². The predicted molar refractivity (Wildman–Crippen MR) is 167 cm³/mol. The molecule has 0 amide bonds. The van der Waals surface area contributed by atoms with Crippen molar-refractivity contribution in [3.8, 4) is 11.4 Å². The highest BCUT2D eigenvalue weighted by atomic mass is 32.1. The van der Waals surface area contributed by atoms with Gasteiger partial charge in [-0.3, -0.25) is 14.8 Å². The average Bonchev–Trinajstić information content (AvgIpc) is 3.66. The monoisotopic (exact) mass is 591 g/mol. The first-order valence-electron chi connectivity index (χ1n) is 15.3. The van der Waals surface area contributed by atoms with Gasteiger partial charge < -0.3 is 19.3 Å². The Hall–Kier alpha value is -3.12. The Labute approximate surface area is 251 Å². The number of hydrogen-bond acceptors (Lipinski definition) is 10. The van der Waals surface area contributed by atoms with Gasteiger partial charge in [0.05, 0.1) is 41.8 Å². The van der Waals surface area contributed by atoms with Crippen molar-refractivity contribution in [2.75, 3.05) is 70.5 Å². The molecule has 0 atom stereocenters. The van der Waals surface area contributed by atoms with Gasteiger partial charge in [-0.2, -0.15) is 5.10 Å². The second-order valence-electron chi connectivity index (χ2n) is 11.1. The molecule has 4 aromatic rings. The van der Waals surface area contributed by atoms with E-state index in [9.17, 15) is 4.79 Å². The van der Waals surface area contributed by atoms with Gasteiger partial charge >= 0.3 is 5.97 Å². The molecule has 224 valence electrons. The Morgan fingerprint density at radius 1 is 1.02 bits per heavy atom. The lowest BCUT2D eigenvalue weighted by Gasteiger charge is -2.34. The van der Waals surface area contributed by atoms with Gasteiger partial charge in [0.1, 0.15) is 0 Å². The summed E-state index contributed by atoms with van der Waals surface area (Å²) in [5.41, 5.74) is 3.01. The molecule has 2 aliphatic rings. The number of aromatic nitrogens is 4. The van der Waals surface area contributed by atoms with E-state index in [4.69, 9.17) is 19.4 Å². The third kappa shape index (κ3) is 6.91. The van der Waals surface area contributed by atoms with Crippen molar-refractivity contribution < 1.29 is 14.3 Å². The maximum absolute atomic E-state index is 11.5. The van der Waals surface area contributed by atoms with Crippen molar-refractivity contribution in [1.82, 2.24) is 30.0 Å². The van der Waals surface area contributed by atoms with Gasteiger partial charge in [-0.1, -0.05) is 25.0 Å². The van der Waals surface area contributed by atoms with Gasteiger partial charge in [0.2, 0.25) is 0 Å². The van der Waals surface area contributed by atoms with Crippen LogP contribution in [0.5, 0.6) is 0 Å². The van der Waals surface area contributed by atoms with Crippen molar-refractivity contribution in [2.24, 2.45) is 0 Å². The van der Waals surface area contributed by atoms with Crippen molar-refractivity contribution in [1.29, 1.82) is 0 Å². The van der Waals surface area contributed by atoms with E-state index in [0.717, 1.165) is 104 Å². The molecule has 1 aromatic carbocycles. The molecule has 0 spiro atoms. The van der Waals surface area contributed by atoms with Crippen LogP contribution in [0.3, 0.4) is 0 Å². The van der Waals surface area contributed by atoms with E-state index in [0.29, 0.717) is 26.2 Å². The lowest BCUT2D eigenvalue weighted by Crippen LogP contribution is -2.45. The summed E-state index contributed by atoms with van der Waals surface area (Å²) in [5.74, 6) is 1.70. The zero-order valence-corrected chi connectivity index (χ0v) is 25.3. The molecule has 5 heterocycles. The second kappa shape index (κ2) is 13.9. The third-order valence-electron chi connectivity index (χ3n) is 8.20. The number of unbranched alkanes of at least 4 members (excludes halogenated alkanes) is 3. The van der Waals surface area contributed by atoms with Crippen LogP contribution in [0.1, 0.15) is 43.9 Å². The average molecular weight is 592 g/mol. The number of nitrogens with zero attached hydrogens (tertiary/aromatic N) is 6. The molecular formula is C31H41N7O3S. The Balaban J connectivity index is 1.09. The highest BCUT2D eigenvalue weighted by Gasteiger charge is 2.23. The number of aromatic amines is 1. The zero-order chi connectivity index (χ0) is 28.7. The molecule has 0 saturated carbocycles. The third-order valence-corrected chi connectivity index (χ3v) is 9.30. The van der Waals surface area contributed by atoms with Crippen LogP contribution in [-0.2, 0) is 20.8 Å². The SMILES string of the molecule is CCOC(=O)CCCCCCN1CCN(Cc2cc3nc(-c4cccc5[nH]ncc45)nc(N4CCOCC4)c3s2)CC1. The van der Waals surface area contributed by atoms with Crippen LogP contribution in [0, 0.1) is 0 Å². The number of nitrogens with one attached hydrogen (secondary N) is 1. The lowest BCUT2D eigenvalue weighted by atomic mass is 10.1. The number of rotatable bonds is 12. The Bertz CT molecular complexity index is 1470. The standard InChI is InChI=1S/C31H41N7O3S/c1-2-41-28(39)10-5-3-4-6-11-36-12-14-37(15-13-36)22-23-20-27-29(42-23)31(38-16-18-40-19-17-38)34-30(33-27)24-8-7-9-26-25(24)21-32-35-26/h7-9,20-21H,2-6,10-19,22H2,1H3,(H,32,35). The number of hydrogen-bond donors (Lipinski definition) is 1. The van der Waals surface area contributed by atoms with Gasteiger partial charge in [-0.15, -0.1) is 11.3 Å². The summed E-state index contributed by atoms with van der Waals surface area (Å²) in [6.45, 7) is 11.9. The van der Waals surface area contributed by atoms with E-state index in [1.165, 1.54) is 17.7 Å². The van der Waals surface area contributed by atoms with E-state index >= 15 is 0 Å². The van der Waals surface area contributed by atoms with Crippen LogP contribution in [-0.4, -0.2) is 102 Å². The minimum atomic E-state index is -0.0658. The van der Waals surface area contributed by atoms with E-state index in [1.54, 1.807) is 0 Å². The maximum atomic E-state index is 11.5. The van der Waals surface area contributed by atoms with Crippen molar-refractivity contribution in [3.63, 3.8) is 0 Å². The Kier molecular flexibility index (Phi) is 9.59. The number of anilines is 1. The molecule has 10 nitrogen and oxygen atoms in total. The van der Waals surface area contributed by atoms with Crippen LogP contribution in [0.2, 0.25) is 0 Å². The number of H-pyrrole nitrogens is 1. The summed E-state index contributed by atoms with van der Waals surface area (Å²) in [4.78, 5) is 30.5. The quantitative estimate of drug-likeness (QED) is 0.186. The number of fused-ring (bicyclic) bond motifs is 2. The summed E-state index contributed by atoms with van der Waals surface area (Å²) in [7, 11) is 0. The first-order valence-corrected chi connectivity index (χ1v) is 16.2. The predicted octanol–water partition coefficient (Wildman–Crippen LogP) is 4.70. The number of carbonyl (C=O) groups is 1. The molecule has 6 rings (SSSR count). The molecule has 11 heteroatoms. The molecular weight excluding hydrogens is 550 g/mol. The number of carbonyl (C=O) groups excluding carboxylic acids is 1. The molecule has 42 heavy (non-hydrogen) atoms. The molecule has 2 fully saturated rings. The number of piperazine rings is 1. The van der Waals surface area contributed by atoms with Crippen molar-refractivity contribution in [2.45, 2.75) is 45.6 Å². The minimum absolute atomic E-state index is 0.0658. The van der Waals surface area contributed by atoms with E-state index in [2.05, 4.69) is 37.0 Å². The first-order chi connectivity index (χ1) is 20.7. The fourth-order valence-electron chi connectivity index (χ4n) is 5.90. The molecule has 3 aromatic heterocycles. The summed E-state index contributed by atoms with van der Waals surface area (Å²) >= 11 is 1.83. The maximum Gasteiger partial charge on any atom is 0.305 e. The summed E-state index contributed by atoms with van der Waals surface area (Å²) in [5, 5.41) is 8.35.